The summed E-state index contributed by atoms with van der Waals surface area (Å²) in [5.41, 5.74) is 0.732. The molecule has 0 bridgehead atoms. The quantitative estimate of drug-likeness (QED) is 0.343. The van der Waals surface area contributed by atoms with E-state index in [1.54, 1.807) is 13.0 Å². The van der Waals surface area contributed by atoms with Gasteiger partial charge in [-0.05, 0) is 34.8 Å². The second kappa shape index (κ2) is 10.4. The van der Waals surface area contributed by atoms with Crippen LogP contribution in [0.3, 0.4) is 0 Å². The number of hydrogen-bond acceptors (Lipinski definition) is 4. The molecule has 4 nitrogen and oxygen atoms in total. The maximum Gasteiger partial charge on any atom is 0.356 e. The molecule has 0 amide bonds. The lowest BCUT2D eigenvalue weighted by atomic mass is 9.87. The van der Waals surface area contributed by atoms with Crippen molar-refractivity contribution in [2.75, 3.05) is 6.61 Å². The minimum Gasteiger partial charge on any atom is -0.461 e. The molecule has 1 radical (unpaired) electrons. The molecule has 0 fully saturated rings. The molecule has 6 heteroatoms. The summed E-state index contributed by atoms with van der Waals surface area (Å²) in [4.78, 5) is 17.0. The minimum atomic E-state index is -1.55. The standard InChI is InChI=1S/C25H27BrNO3Si/c1-5-29-24(28)22-17-18(26)16-21(27-22)23(25(2,3)4)30-31(19-12-8-6-9-13-19)20-14-10-7-11-15-20/h6-17,23H,5H2,1-4H3. The van der Waals surface area contributed by atoms with E-state index in [1.807, 2.05) is 42.5 Å². The number of ether oxygens (including phenoxy) is 1. The minimum absolute atomic E-state index is 0.251. The van der Waals surface area contributed by atoms with Gasteiger partial charge in [0.25, 0.3) is 9.04 Å². The monoisotopic (exact) mass is 496 g/mol. The number of carbonyl (C=O) groups excluding carboxylic acids is 1. The Morgan fingerprint density at radius 1 is 1.00 bits per heavy atom. The van der Waals surface area contributed by atoms with Crippen LogP contribution in [0.1, 0.15) is 50.0 Å². The van der Waals surface area contributed by atoms with Gasteiger partial charge in [0, 0.05) is 4.47 Å². The number of nitrogens with zero attached hydrogens (tertiary/aromatic N) is 1. The zero-order valence-electron chi connectivity index (χ0n) is 18.3. The number of aromatic nitrogens is 1. The van der Waals surface area contributed by atoms with Crippen LogP contribution in [0.4, 0.5) is 0 Å². The molecule has 1 aromatic heterocycles. The Balaban J connectivity index is 2.06. The normalized spacial score (nSPS) is 12.6. The molecular formula is C25H27BrNO3Si. The third-order valence-electron chi connectivity index (χ3n) is 4.66. The van der Waals surface area contributed by atoms with E-state index >= 15 is 0 Å². The molecule has 3 aromatic rings. The van der Waals surface area contributed by atoms with Crippen molar-refractivity contribution in [2.24, 2.45) is 5.41 Å². The highest BCUT2D eigenvalue weighted by Gasteiger charge is 2.34. The van der Waals surface area contributed by atoms with Gasteiger partial charge in [0.05, 0.1) is 18.4 Å². The summed E-state index contributed by atoms with van der Waals surface area (Å²) >= 11 is 3.53. The highest BCUT2D eigenvalue weighted by Crippen LogP contribution is 2.36. The van der Waals surface area contributed by atoms with Crippen molar-refractivity contribution < 1.29 is 14.0 Å². The van der Waals surface area contributed by atoms with Crippen LogP contribution in [0.5, 0.6) is 0 Å². The summed E-state index contributed by atoms with van der Waals surface area (Å²) in [7, 11) is -1.55. The SMILES string of the molecule is CCOC(=O)c1cc(Br)cc(C(O[Si](c2ccccc2)c2ccccc2)C(C)(C)C)n1. The van der Waals surface area contributed by atoms with Crippen LogP contribution in [-0.4, -0.2) is 26.6 Å². The lowest BCUT2D eigenvalue weighted by Gasteiger charge is -2.34. The molecule has 0 aliphatic heterocycles. The Kier molecular flexibility index (Phi) is 7.81. The van der Waals surface area contributed by atoms with Gasteiger partial charge in [-0.25, -0.2) is 9.78 Å². The number of rotatable bonds is 7. The largest absolute Gasteiger partial charge is 0.461 e. The van der Waals surface area contributed by atoms with Crippen LogP contribution >= 0.6 is 15.9 Å². The molecule has 1 unspecified atom stereocenters. The van der Waals surface area contributed by atoms with E-state index in [-0.39, 0.29) is 17.2 Å². The molecule has 0 saturated carbocycles. The van der Waals surface area contributed by atoms with Crippen molar-refractivity contribution in [2.45, 2.75) is 33.8 Å². The molecule has 0 saturated heterocycles. The number of carbonyl (C=O) groups is 1. The fourth-order valence-corrected chi connectivity index (χ4v) is 6.00. The Morgan fingerprint density at radius 2 is 1.55 bits per heavy atom. The first kappa shape index (κ1) is 23.4. The van der Waals surface area contributed by atoms with Gasteiger partial charge < -0.3 is 9.16 Å². The van der Waals surface area contributed by atoms with E-state index in [0.29, 0.717) is 12.3 Å². The smallest absolute Gasteiger partial charge is 0.356 e. The van der Waals surface area contributed by atoms with Crippen LogP contribution in [0.2, 0.25) is 0 Å². The number of halogens is 1. The molecule has 161 valence electrons. The molecule has 0 N–H and O–H groups in total. The van der Waals surface area contributed by atoms with Gasteiger partial charge in [0.1, 0.15) is 5.69 Å². The van der Waals surface area contributed by atoms with Gasteiger partial charge in [-0.15, -0.1) is 0 Å². The second-order valence-electron chi connectivity index (χ2n) is 8.24. The summed E-state index contributed by atoms with van der Waals surface area (Å²) in [6, 6.07) is 24.2. The lowest BCUT2D eigenvalue weighted by molar-refractivity contribution is 0.0514. The maximum atomic E-state index is 12.3. The Morgan fingerprint density at radius 3 is 2.03 bits per heavy atom. The maximum absolute atomic E-state index is 12.3. The van der Waals surface area contributed by atoms with E-state index in [9.17, 15) is 4.79 Å². The fourth-order valence-electron chi connectivity index (χ4n) is 3.24. The predicted octanol–water partition coefficient (Wildman–Crippen LogP) is 4.93. The van der Waals surface area contributed by atoms with Crippen LogP contribution in [0, 0.1) is 5.41 Å². The van der Waals surface area contributed by atoms with Crippen molar-refractivity contribution in [1.82, 2.24) is 4.98 Å². The molecule has 2 aromatic carbocycles. The van der Waals surface area contributed by atoms with Crippen LogP contribution < -0.4 is 10.4 Å². The van der Waals surface area contributed by atoms with Crippen LogP contribution in [-0.2, 0) is 9.16 Å². The Bertz CT molecular complexity index is 967. The first-order valence-electron chi connectivity index (χ1n) is 10.3. The summed E-state index contributed by atoms with van der Waals surface area (Å²) in [6.45, 7) is 8.46. The summed E-state index contributed by atoms with van der Waals surface area (Å²) in [6.07, 6.45) is -0.326. The van der Waals surface area contributed by atoms with Crippen molar-refractivity contribution in [3.63, 3.8) is 0 Å². The predicted molar refractivity (Wildman–Crippen MR) is 129 cm³/mol. The van der Waals surface area contributed by atoms with Gasteiger partial charge in [0.15, 0.2) is 0 Å². The average molecular weight is 497 g/mol. The molecule has 3 rings (SSSR count). The zero-order chi connectivity index (χ0) is 22.4. The van der Waals surface area contributed by atoms with Gasteiger partial charge in [-0.3, -0.25) is 0 Å². The summed E-state index contributed by atoms with van der Waals surface area (Å²) in [5.74, 6) is -0.436. The van der Waals surface area contributed by atoms with E-state index in [0.717, 1.165) is 14.8 Å². The van der Waals surface area contributed by atoms with E-state index in [4.69, 9.17) is 9.16 Å². The third kappa shape index (κ3) is 6.12. The van der Waals surface area contributed by atoms with Crippen LogP contribution in [0.15, 0.2) is 77.3 Å². The van der Waals surface area contributed by atoms with Crippen molar-refractivity contribution in [1.29, 1.82) is 0 Å². The second-order valence-corrected chi connectivity index (χ2v) is 11.2. The zero-order valence-corrected chi connectivity index (χ0v) is 20.8. The average Bonchev–Trinajstić information content (AvgIpc) is 2.74. The molecular weight excluding hydrogens is 470 g/mol. The van der Waals surface area contributed by atoms with Crippen LogP contribution in [0.25, 0.3) is 0 Å². The summed E-state index contributed by atoms with van der Waals surface area (Å²) < 4.78 is 12.8. The first-order chi connectivity index (χ1) is 14.8. The molecule has 0 aliphatic carbocycles. The number of hydrogen-bond donors (Lipinski definition) is 0. The lowest BCUT2D eigenvalue weighted by Crippen LogP contribution is -2.47. The molecule has 31 heavy (non-hydrogen) atoms. The number of pyridine rings is 1. The molecule has 0 aliphatic rings. The van der Waals surface area contributed by atoms with Gasteiger partial charge in [-0.2, -0.15) is 0 Å². The number of benzene rings is 2. The highest BCUT2D eigenvalue weighted by atomic mass is 79.9. The Hall–Kier alpha value is -2.28. The van der Waals surface area contributed by atoms with E-state index < -0.39 is 15.0 Å². The molecule has 1 heterocycles. The molecule has 1 atom stereocenters. The van der Waals surface area contributed by atoms with Crippen molar-refractivity contribution >= 4 is 41.3 Å². The van der Waals surface area contributed by atoms with Crippen molar-refractivity contribution in [3.05, 3.63) is 88.7 Å². The fraction of sp³-hybridized carbons (Fsp3) is 0.280. The highest BCUT2D eigenvalue weighted by molar-refractivity contribution is 9.10. The van der Waals surface area contributed by atoms with Crippen molar-refractivity contribution in [3.8, 4) is 0 Å². The van der Waals surface area contributed by atoms with Gasteiger partial charge in [0.2, 0.25) is 0 Å². The van der Waals surface area contributed by atoms with Gasteiger partial charge in [-0.1, -0.05) is 97.4 Å². The van der Waals surface area contributed by atoms with E-state index in [1.165, 1.54) is 0 Å². The van der Waals surface area contributed by atoms with Gasteiger partial charge >= 0.3 is 5.97 Å². The Labute approximate surface area is 194 Å². The summed E-state index contributed by atoms with van der Waals surface area (Å²) in [5, 5.41) is 2.32. The third-order valence-corrected chi connectivity index (χ3v) is 7.30. The first-order valence-corrected chi connectivity index (χ1v) is 12.5. The molecule has 0 spiro atoms. The van der Waals surface area contributed by atoms with E-state index in [2.05, 4.69) is 66.0 Å². The number of esters is 1. The topological polar surface area (TPSA) is 48.4 Å².